The fourth-order valence-corrected chi connectivity index (χ4v) is 4.97. The number of nitrogens with zero attached hydrogens (tertiary/aromatic N) is 3. The summed E-state index contributed by atoms with van der Waals surface area (Å²) in [5.41, 5.74) is 2.26. The second-order valence-corrected chi connectivity index (χ2v) is 10.7. The molecule has 1 aliphatic rings. The molecule has 4 aromatic rings. The maximum Gasteiger partial charge on any atom is 0.139 e. The maximum absolute atomic E-state index is 5.94. The number of rotatable bonds is 8. The number of aryl methyl sites for hydroxylation is 1. The largest absolute Gasteiger partial charge is 0.497 e. The van der Waals surface area contributed by atoms with Gasteiger partial charge in [-0.25, -0.2) is 9.97 Å². The molecule has 0 radical (unpaired) electrons. The predicted octanol–water partition coefficient (Wildman–Crippen LogP) is 7.41. The van der Waals surface area contributed by atoms with Gasteiger partial charge in [-0.15, -0.1) is 0 Å². The molecule has 6 heteroatoms. The molecule has 1 fully saturated rings. The van der Waals surface area contributed by atoms with Gasteiger partial charge in [0, 0.05) is 26.0 Å². The quantitative estimate of drug-likeness (QED) is 0.258. The molecule has 1 aromatic heterocycles. The van der Waals surface area contributed by atoms with Crippen molar-refractivity contribution in [3.8, 4) is 17.2 Å². The number of fused-ring (bicyclic) bond motifs is 1. The first-order chi connectivity index (χ1) is 18.9. The molecule has 39 heavy (non-hydrogen) atoms. The van der Waals surface area contributed by atoms with Gasteiger partial charge >= 0.3 is 0 Å². The van der Waals surface area contributed by atoms with Gasteiger partial charge in [-0.05, 0) is 92.2 Å². The van der Waals surface area contributed by atoms with Crippen LogP contribution in [0.2, 0.25) is 0 Å². The average molecular weight is 527 g/mol. The molecule has 1 N–H and O–H groups in total. The summed E-state index contributed by atoms with van der Waals surface area (Å²) in [5.74, 6) is 6.08. The van der Waals surface area contributed by atoms with Gasteiger partial charge in [0.2, 0.25) is 0 Å². The lowest BCUT2D eigenvalue weighted by Gasteiger charge is -2.26. The van der Waals surface area contributed by atoms with Gasteiger partial charge < -0.3 is 19.7 Å². The van der Waals surface area contributed by atoms with Crippen molar-refractivity contribution < 1.29 is 9.47 Å². The standard InChI is InChI=1S/C22H29NO2.C11H13N3/c1-17-6-8-18(9-7-17)15-23-16-19-4-3-5-22(14-19)25-21-12-10-20(24-2)11-13-21;1-8-12-10-7-5-4-6-9(10)11(13-8)14(2)3/h3-5,10-14,17-18,23H,6-9,15-16H2,1-2H3;4-7H,1-3H3. The zero-order chi connectivity index (χ0) is 27.6. The number of para-hydroxylation sites is 1. The van der Waals surface area contributed by atoms with Crippen LogP contribution in [0, 0.1) is 18.8 Å². The van der Waals surface area contributed by atoms with Gasteiger partial charge in [0.05, 0.1) is 12.6 Å². The Bertz CT molecular complexity index is 1320. The number of nitrogens with one attached hydrogen (secondary N) is 1. The summed E-state index contributed by atoms with van der Waals surface area (Å²) in [6.45, 7) is 6.31. The third-order valence-corrected chi connectivity index (χ3v) is 7.21. The second-order valence-electron chi connectivity index (χ2n) is 10.7. The summed E-state index contributed by atoms with van der Waals surface area (Å²) in [5, 5.41) is 4.72. The highest BCUT2D eigenvalue weighted by Crippen LogP contribution is 2.28. The van der Waals surface area contributed by atoms with E-state index in [2.05, 4.69) is 40.4 Å². The molecule has 206 valence electrons. The first kappa shape index (κ1) is 28.4. The zero-order valence-corrected chi connectivity index (χ0v) is 24.0. The van der Waals surface area contributed by atoms with E-state index in [1.807, 2.05) is 80.5 Å². The van der Waals surface area contributed by atoms with Crippen molar-refractivity contribution in [2.24, 2.45) is 11.8 Å². The van der Waals surface area contributed by atoms with Gasteiger partial charge in [0.15, 0.2) is 0 Å². The van der Waals surface area contributed by atoms with Gasteiger partial charge in [-0.1, -0.05) is 44.0 Å². The smallest absolute Gasteiger partial charge is 0.139 e. The zero-order valence-electron chi connectivity index (χ0n) is 24.0. The molecule has 0 unspecified atom stereocenters. The van der Waals surface area contributed by atoms with Crippen molar-refractivity contribution in [2.45, 2.75) is 46.1 Å². The van der Waals surface area contributed by atoms with Crippen molar-refractivity contribution in [3.63, 3.8) is 0 Å². The fourth-order valence-electron chi connectivity index (χ4n) is 4.97. The molecule has 6 nitrogen and oxygen atoms in total. The summed E-state index contributed by atoms with van der Waals surface area (Å²) in [4.78, 5) is 10.8. The van der Waals surface area contributed by atoms with Crippen LogP contribution in [0.3, 0.4) is 0 Å². The van der Waals surface area contributed by atoms with Crippen LogP contribution in [-0.2, 0) is 6.54 Å². The highest BCUT2D eigenvalue weighted by atomic mass is 16.5. The van der Waals surface area contributed by atoms with Crippen LogP contribution < -0.4 is 19.7 Å². The topological polar surface area (TPSA) is 59.5 Å². The number of benzene rings is 3. The summed E-state index contributed by atoms with van der Waals surface area (Å²) in [7, 11) is 5.66. The van der Waals surface area contributed by atoms with Crippen molar-refractivity contribution >= 4 is 16.7 Å². The predicted molar refractivity (Wildman–Crippen MR) is 161 cm³/mol. The first-order valence-electron chi connectivity index (χ1n) is 13.9. The van der Waals surface area contributed by atoms with Crippen LogP contribution in [-0.4, -0.2) is 37.7 Å². The SMILES string of the molecule is COc1ccc(Oc2cccc(CNCC3CCC(C)CC3)c2)cc1.Cc1nc(N(C)C)c2ccccc2n1. The summed E-state index contributed by atoms with van der Waals surface area (Å²) < 4.78 is 11.1. The van der Waals surface area contributed by atoms with Crippen LogP contribution >= 0.6 is 0 Å². The average Bonchev–Trinajstić information content (AvgIpc) is 2.94. The minimum Gasteiger partial charge on any atom is -0.497 e. The van der Waals surface area contributed by atoms with Gasteiger partial charge in [0.25, 0.3) is 0 Å². The Labute approximate surface area is 233 Å². The van der Waals surface area contributed by atoms with Crippen LogP contribution in [0.1, 0.15) is 44.0 Å². The molecule has 1 heterocycles. The number of hydrogen-bond acceptors (Lipinski definition) is 6. The third-order valence-electron chi connectivity index (χ3n) is 7.21. The fraction of sp³-hybridized carbons (Fsp3) is 0.394. The number of anilines is 1. The molecule has 0 saturated heterocycles. The minimum absolute atomic E-state index is 0.812. The second kappa shape index (κ2) is 13.9. The van der Waals surface area contributed by atoms with Gasteiger partial charge in [-0.2, -0.15) is 0 Å². The summed E-state index contributed by atoms with van der Waals surface area (Å²) in [6.07, 6.45) is 5.51. The van der Waals surface area contributed by atoms with E-state index in [0.717, 1.165) is 64.7 Å². The van der Waals surface area contributed by atoms with Crippen LogP contribution in [0.25, 0.3) is 10.9 Å². The van der Waals surface area contributed by atoms with E-state index in [1.165, 1.54) is 31.2 Å². The lowest BCUT2D eigenvalue weighted by Crippen LogP contribution is -2.25. The Morgan fingerprint density at radius 2 is 1.56 bits per heavy atom. The van der Waals surface area contributed by atoms with E-state index in [0.29, 0.717) is 0 Å². The maximum atomic E-state index is 5.94. The highest BCUT2D eigenvalue weighted by Gasteiger charge is 2.17. The third kappa shape index (κ3) is 8.42. The van der Waals surface area contributed by atoms with Crippen LogP contribution in [0.4, 0.5) is 5.82 Å². The van der Waals surface area contributed by atoms with Crippen LogP contribution in [0.15, 0.2) is 72.8 Å². The van der Waals surface area contributed by atoms with Gasteiger partial charge in [0.1, 0.15) is 28.9 Å². The van der Waals surface area contributed by atoms with E-state index < -0.39 is 0 Å². The molecule has 5 rings (SSSR count). The minimum atomic E-state index is 0.812. The highest BCUT2D eigenvalue weighted by molar-refractivity contribution is 5.89. The number of ether oxygens (including phenoxy) is 2. The lowest BCUT2D eigenvalue weighted by molar-refractivity contribution is 0.281. The monoisotopic (exact) mass is 526 g/mol. The molecule has 0 atom stereocenters. The normalized spacial score (nSPS) is 16.7. The Kier molecular flexibility index (Phi) is 10.1. The Hall–Kier alpha value is -3.64. The Morgan fingerprint density at radius 3 is 2.28 bits per heavy atom. The summed E-state index contributed by atoms with van der Waals surface area (Å²) >= 11 is 0. The summed E-state index contributed by atoms with van der Waals surface area (Å²) in [6, 6.07) is 24.0. The van der Waals surface area contributed by atoms with Crippen molar-refractivity contribution in [1.82, 2.24) is 15.3 Å². The number of methoxy groups -OCH3 is 1. The molecule has 0 bridgehead atoms. The Balaban J connectivity index is 0.000000212. The number of hydrogen-bond donors (Lipinski definition) is 1. The molecule has 0 aliphatic heterocycles. The molecule has 0 amide bonds. The van der Waals surface area contributed by atoms with E-state index >= 15 is 0 Å². The molecule has 0 spiro atoms. The molecular weight excluding hydrogens is 484 g/mol. The Morgan fingerprint density at radius 1 is 0.846 bits per heavy atom. The van der Waals surface area contributed by atoms with Gasteiger partial charge in [-0.3, -0.25) is 0 Å². The van der Waals surface area contributed by atoms with Crippen molar-refractivity contribution in [1.29, 1.82) is 0 Å². The van der Waals surface area contributed by atoms with E-state index in [9.17, 15) is 0 Å². The molecule has 3 aromatic carbocycles. The van der Waals surface area contributed by atoms with E-state index in [4.69, 9.17) is 9.47 Å². The first-order valence-corrected chi connectivity index (χ1v) is 13.9. The molecular formula is C33H42N4O2. The lowest BCUT2D eigenvalue weighted by atomic mass is 9.83. The van der Waals surface area contributed by atoms with Crippen LogP contribution in [0.5, 0.6) is 17.2 Å². The van der Waals surface area contributed by atoms with Crippen molar-refractivity contribution in [3.05, 3.63) is 84.2 Å². The molecule has 1 saturated carbocycles. The van der Waals surface area contributed by atoms with E-state index in [1.54, 1.807) is 7.11 Å². The van der Waals surface area contributed by atoms with Crippen molar-refractivity contribution in [2.75, 3.05) is 32.6 Å². The number of aromatic nitrogens is 2. The molecule has 1 aliphatic carbocycles. The van der Waals surface area contributed by atoms with E-state index in [-0.39, 0.29) is 0 Å².